The summed E-state index contributed by atoms with van der Waals surface area (Å²) in [5, 5.41) is 0. The minimum atomic E-state index is -1.04. The second-order valence-corrected chi connectivity index (χ2v) is 15.3. The van der Waals surface area contributed by atoms with Gasteiger partial charge < -0.3 is 30.4 Å². The quantitative estimate of drug-likeness (QED) is 0.161. The molecule has 0 unspecified atom stereocenters. The molecule has 1 aliphatic carbocycles. The third-order valence-corrected chi connectivity index (χ3v) is 6.11. The number of ether oxygens (including phenoxy) is 4. The van der Waals surface area contributed by atoms with Crippen molar-refractivity contribution in [3.63, 3.8) is 0 Å². The first-order valence-corrected chi connectivity index (χ1v) is 15.7. The van der Waals surface area contributed by atoms with Gasteiger partial charge in [0.15, 0.2) is 5.78 Å². The summed E-state index contributed by atoms with van der Waals surface area (Å²) in [7, 11) is 0. The maximum Gasteiger partial charge on any atom is 0.437 e. The van der Waals surface area contributed by atoms with Crippen LogP contribution in [-0.2, 0) is 18.9 Å². The molecular formula is C35H46N6O9. The van der Waals surface area contributed by atoms with Crippen molar-refractivity contribution in [1.82, 2.24) is 0 Å². The van der Waals surface area contributed by atoms with Crippen LogP contribution in [0.3, 0.4) is 0 Å². The number of benzene rings is 2. The van der Waals surface area contributed by atoms with E-state index in [9.17, 15) is 24.0 Å². The molecule has 2 aromatic rings. The van der Waals surface area contributed by atoms with Crippen molar-refractivity contribution in [2.75, 3.05) is 9.80 Å². The van der Waals surface area contributed by atoms with Crippen molar-refractivity contribution in [2.45, 2.75) is 105 Å². The molecule has 0 saturated carbocycles. The molecule has 0 aromatic heterocycles. The van der Waals surface area contributed by atoms with Crippen LogP contribution in [0.4, 0.5) is 30.6 Å². The zero-order valence-corrected chi connectivity index (χ0v) is 30.6. The van der Waals surface area contributed by atoms with Crippen molar-refractivity contribution in [3.05, 3.63) is 47.5 Å². The number of aliphatic imine (C=N–C) groups is 2. The van der Waals surface area contributed by atoms with Crippen LogP contribution >= 0.6 is 0 Å². The van der Waals surface area contributed by atoms with E-state index in [0.29, 0.717) is 11.1 Å². The number of guanidine groups is 2. The lowest BCUT2D eigenvalue weighted by molar-refractivity contribution is 0.0577. The van der Waals surface area contributed by atoms with E-state index < -0.39 is 64.5 Å². The molecule has 0 spiro atoms. The van der Waals surface area contributed by atoms with Crippen molar-refractivity contribution >= 4 is 53.5 Å². The molecular weight excluding hydrogens is 648 g/mol. The van der Waals surface area contributed by atoms with Gasteiger partial charge in [-0.25, -0.2) is 29.0 Å². The summed E-state index contributed by atoms with van der Waals surface area (Å²) in [5.41, 5.74) is 10.2. The number of nitrogens with two attached hydrogens (primary N) is 2. The lowest BCUT2D eigenvalue weighted by Crippen LogP contribution is -2.45. The third kappa shape index (κ3) is 10.3. The van der Waals surface area contributed by atoms with Crippen LogP contribution in [0.1, 0.15) is 99.0 Å². The Bertz CT molecular complexity index is 1640. The first kappa shape index (κ1) is 39.0. The molecule has 1 aliphatic rings. The van der Waals surface area contributed by atoms with E-state index in [-0.39, 0.29) is 22.5 Å². The summed E-state index contributed by atoms with van der Waals surface area (Å²) in [6, 6.07) is 9.02. The fourth-order valence-electron chi connectivity index (χ4n) is 4.47. The molecule has 0 radical (unpaired) electrons. The van der Waals surface area contributed by atoms with Gasteiger partial charge in [-0.05, 0) is 118 Å². The van der Waals surface area contributed by atoms with Gasteiger partial charge in [-0.1, -0.05) is 12.1 Å². The fraction of sp³-hybridized carbons (Fsp3) is 0.457. The second kappa shape index (κ2) is 13.8. The highest BCUT2D eigenvalue weighted by Crippen LogP contribution is 2.40. The van der Waals surface area contributed by atoms with Gasteiger partial charge >= 0.3 is 24.4 Å². The molecule has 270 valence electrons. The van der Waals surface area contributed by atoms with Gasteiger partial charge in [0.1, 0.15) is 22.4 Å². The summed E-state index contributed by atoms with van der Waals surface area (Å²) in [4.78, 5) is 74.8. The number of ketones is 1. The van der Waals surface area contributed by atoms with Crippen LogP contribution in [-0.4, -0.2) is 64.5 Å². The Labute approximate surface area is 291 Å². The lowest BCUT2D eigenvalue weighted by atomic mass is 10.0. The van der Waals surface area contributed by atoms with Crippen LogP contribution in [0.15, 0.2) is 46.4 Å². The summed E-state index contributed by atoms with van der Waals surface area (Å²) in [6.07, 6.45) is -3.99. The number of hydrogen-bond donors (Lipinski definition) is 2. The first-order valence-electron chi connectivity index (χ1n) is 15.7. The molecule has 50 heavy (non-hydrogen) atoms. The Morgan fingerprint density at radius 3 is 1.10 bits per heavy atom. The summed E-state index contributed by atoms with van der Waals surface area (Å²) >= 11 is 0. The molecule has 2 aromatic carbocycles. The van der Waals surface area contributed by atoms with Gasteiger partial charge in [-0.3, -0.25) is 4.79 Å². The van der Waals surface area contributed by atoms with Gasteiger partial charge in [0.25, 0.3) is 0 Å². The molecule has 3 rings (SSSR count). The first-order chi connectivity index (χ1) is 22.7. The Balaban J connectivity index is 2.10. The van der Waals surface area contributed by atoms with Crippen LogP contribution in [0.5, 0.6) is 0 Å². The van der Waals surface area contributed by atoms with Gasteiger partial charge in [0, 0.05) is 11.1 Å². The van der Waals surface area contributed by atoms with Crippen molar-refractivity contribution in [1.29, 1.82) is 0 Å². The summed E-state index contributed by atoms with van der Waals surface area (Å²) in [6.45, 7) is 19.8. The number of hydrogen-bond acceptors (Lipinski definition) is 9. The molecule has 0 bridgehead atoms. The second-order valence-electron chi connectivity index (χ2n) is 15.3. The van der Waals surface area contributed by atoms with Crippen molar-refractivity contribution in [3.8, 4) is 11.1 Å². The Morgan fingerprint density at radius 2 is 0.820 bits per heavy atom. The number of rotatable bonds is 2. The number of nitrogens with zero attached hydrogens (tertiary/aromatic N) is 4. The van der Waals surface area contributed by atoms with Crippen LogP contribution < -0.4 is 21.3 Å². The average Bonchev–Trinajstić information content (AvgIpc) is 3.15. The topological polar surface area (TPSA) is 206 Å². The SMILES string of the molecule is CC(C)(C)OC(=O)N=C(N)N(C(=O)OC(C)(C)C)c1ccc2c(c1)C(=O)c1cc(N(C(=O)OC(C)(C)C)C(N)=NC(=O)OC(C)(C)C)ccc1-2. The monoisotopic (exact) mass is 694 g/mol. The summed E-state index contributed by atoms with van der Waals surface area (Å²) in [5.74, 6) is -1.57. The maximum absolute atomic E-state index is 13.9. The highest BCUT2D eigenvalue weighted by atomic mass is 16.6. The molecule has 15 nitrogen and oxygen atoms in total. The maximum atomic E-state index is 13.9. The fourth-order valence-corrected chi connectivity index (χ4v) is 4.47. The smallest absolute Gasteiger partial charge is 0.437 e. The summed E-state index contributed by atoms with van der Waals surface area (Å²) < 4.78 is 21.5. The van der Waals surface area contributed by atoms with E-state index in [0.717, 1.165) is 9.80 Å². The molecule has 4 amide bonds. The molecule has 4 N–H and O–H groups in total. The van der Waals surface area contributed by atoms with Gasteiger partial charge in [-0.15, -0.1) is 9.98 Å². The zero-order chi connectivity index (χ0) is 38.1. The minimum Gasteiger partial charge on any atom is -0.443 e. The molecule has 0 heterocycles. The zero-order valence-electron chi connectivity index (χ0n) is 30.6. The van der Waals surface area contributed by atoms with Crippen molar-refractivity contribution in [2.24, 2.45) is 21.5 Å². The number of carbonyl (C=O) groups excluding carboxylic acids is 5. The van der Waals surface area contributed by atoms with Gasteiger partial charge in [0.2, 0.25) is 11.9 Å². The van der Waals surface area contributed by atoms with Gasteiger partial charge in [0.05, 0.1) is 11.4 Å². The molecule has 0 atom stereocenters. The minimum absolute atomic E-state index is 0.0771. The number of amides is 4. The van der Waals surface area contributed by atoms with E-state index in [4.69, 9.17) is 30.4 Å². The average molecular weight is 695 g/mol. The van der Waals surface area contributed by atoms with Crippen LogP contribution in [0.25, 0.3) is 11.1 Å². The third-order valence-electron chi connectivity index (χ3n) is 6.11. The normalized spacial score (nSPS) is 13.6. The van der Waals surface area contributed by atoms with E-state index in [1.54, 1.807) is 95.2 Å². The molecule has 15 heteroatoms. The van der Waals surface area contributed by atoms with Crippen LogP contribution in [0.2, 0.25) is 0 Å². The number of carbonyl (C=O) groups is 5. The number of anilines is 2. The van der Waals surface area contributed by atoms with E-state index in [2.05, 4.69) is 9.98 Å². The highest BCUT2D eigenvalue weighted by molar-refractivity contribution is 6.24. The van der Waals surface area contributed by atoms with Crippen LogP contribution in [0, 0.1) is 0 Å². The predicted molar refractivity (Wildman–Crippen MR) is 188 cm³/mol. The Hall–Kier alpha value is -5.47. The van der Waals surface area contributed by atoms with Crippen molar-refractivity contribution < 1.29 is 42.9 Å². The van der Waals surface area contributed by atoms with E-state index in [1.807, 2.05) is 0 Å². The van der Waals surface area contributed by atoms with E-state index in [1.165, 1.54) is 24.3 Å². The largest absolute Gasteiger partial charge is 0.443 e. The highest BCUT2D eigenvalue weighted by Gasteiger charge is 2.34. The Morgan fingerprint density at radius 1 is 0.520 bits per heavy atom. The van der Waals surface area contributed by atoms with Gasteiger partial charge in [-0.2, -0.15) is 0 Å². The predicted octanol–water partition coefficient (Wildman–Crippen LogP) is 6.88. The molecule has 0 fully saturated rings. The van der Waals surface area contributed by atoms with E-state index >= 15 is 0 Å². The molecule has 0 saturated heterocycles. The standard InChI is InChI=1S/C35H46N6O9/c1-32(2,3)47-28(43)38-26(36)40(30(45)49-34(7,8)9)19-13-15-21-22-16-14-20(18-24(22)25(42)23(21)17-19)41(31(46)50-35(10,11)12)27(37)39-29(44)48-33(4,5)6/h13-18H,1-12H3,(H2,36,38,43)(H2,37,39,44). The lowest BCUT2D eigenvalue weighted by Gasteiger charge is -2.27. The Kier molecular flexibility index (Phi) is 10.8. The molecule has 0 aliphatic heterocycles. The number of fused-ring (bicyclic) bond motifs is 3.